The summed E-state index contributed by atoms with van der Waals surface area (Å²) in [5, 5.41) is 5.77. The lowest BCUT2D eigenvalue weighted by atomic mass is 10.0. The van der Waals surface area contributed by atoms with E-state index in [1.165, 1.54) is 12.1 Å². The van der Waals surface area contributed by atoms with Crippen molar-refractivity contribution in [1.29, 1.82) is 0 Å². The van der Waals surface area contributed by atoms with Gasteiger partial charge in [0, 0.05) is 19.1 Å². The first kappa shape index (κ1) is 13.4. The highest BCUT2D eigenvalue weighted by atomic mass is 19.1. The molecule has 4 nitrogen and oxygen atoms in total. The maximum Gasteiger partial charge on any atom is 0.312 e. The molecule has 2 amide bonds. The molecule has 17 heavy (non-hydrogen) atoms. The summed E-state index contributed by atoms with van der Waals surface area (Å²) >= 11 is 0. The molecular formula is C12H18FN3O. The normalized spacial score (nSPS) is 12.1. The van der Waals surface area contributed by atoms with E-state index in [9.17, 15) is 9.18 Å². The lowest BCUT2D eigenvalue weighted by Crippen LogP contribution is -2.36. The summed E-state index contributed by atoms with van der Waals surface area (Å²) in [6.45, 7) is 3.15. The molecule has 0 heterocycles. The fourth-order valence-corrected chi connectivity index (χ4v) is 1.63. The molecule has 0 saturated carbocycles. The van der Waals surface area contributed by atoms with Crippen LogP contribution in [0, 0.1) is 5.82 Å². The van der Waals surface area contributed by atoms with Crippen LogP contribution in [0.2, 0.25) is 0 Å². The van der Waals surface area contributed by atoms with E-state index in [1.807, 2.05) is 6.92 Å². The van der Waals surface area contributed by atoms with E-state index in [-0.39, 0.29) is 11.9 Å². The second kappa shape index (κ2) is 6.85. The van der Waals surface area contributed by atoms with Crippen LogP contribution in [0.4, 0.5) is 9.18 Å². The summed E-state index contributed by atoms with van der Waals surface area (Å²) in [5.41, 5.74) is 5.99. The van der Waals surface area contributed by atoms with E-state index < -0.39 is 6.03 Å². The van der Waals surface area contributed by atoms with E-state index in [4.69, 9.17) is 5.73 Å². The number of carbonyl (C=O) groups excluding carboxylic acids is 1. The zero-order valence-corrected chi connectivity index (χ0v) is 9.87. The highest BCUT2D eigenvalue weighted by molar-refractivity contribution is 5.71. The van der Waals surface area contributed by atoms with E-state index >= 15 is 0 Å². The summed E-state index contributed by atoms with van der Waals surface area (Å²) < 4.78 is 12.8. The van der Waals surface area contributed by atoms with Crippen LogP contribution in [0.5, 0.6) is 0 Å². The van der Waals surface area contributed by atoms with Crippen molar-refractivity contribution in [2.75, 3.05) is 13.1 Å². The summed E-state index contributed by atoms with van der Waals surface area (Å²) in [6, 6.07) is 6.05. The Labute approximate surface area is 100 Å². The average Bonchev–Trinajstić information content (AvgIpc) is 2.30. The van der Waals surface area contributed by atoms with E-state index in [0.717, 1.165) is 12.0 Å². The van der Waals surface area contributed by atoms with Crippen LogP contribution in [0.3, 0.4) is 0 Å². The summed E-state index contributed by atoms with van der Waals surface area (Å²) in [7, 11) is 0. The maximum absolute atomic E-state index is 12.8. The van der Waals surface area contributed by atoms with Crippen LogP contribution in [0.1, 0.15) is 24.9 Å². The molecule has 0 aliphatic rings. The van der Waals surface area contributed by atoms with Gasteiger partial charge in [-0.05, 0) is 24.1 Å². The Morgan fingerprint density at radius 3 is 2.53 bits per heavy atom. The number of nitrogens with two attached hydrogens (primary N) is 1. The van der Waals surface area contributed by atoms with Gasteiger partial charge in [-0.3, -0.25) is 0 Å². The molecule has 0 aliphatic heterocycles. The van der Waals surface area contributed by atoms with Gasteiger partial charge in [-0.1, -0.05) is 19.1 Å². The fourth-order valence-electron chi connectivity index (χ4n) is 1.63. The van der Waals surface area contributed by atoms with Crippen LogP contribution >= 0.6 is 0 Å². The molecule has 0 fully saturated rings. The topological polar surface area (TPSA) is 67.2 Å². The monoisotopic (exact) mass is 239 g/mol. The van der Waals surface area contributed by atoms with Crippen molar-refractivity contribution in [3.8, 4) is 0 Å². The van der Waals surface area contributed by atoms with E-state index in [1.54, 1.807) is 12.1 Å². The minimum absolute atomic E-state index is 0.158. The standard InChI is InChI=1S/C12H18FN3O/c1-2-11(15-7-8-16-12(14)17)9-3-5-10(13)6-4-9/h3-6,11,15H,2,7-8H2,1H3,(H3,14,16,17). The molecular weight excluding hydrogens is 221 g/mol. The first-order valence-electron chi connectivity index (χ1n) is 5.65. The van der Waals surface area contributed by atoms with E-state index in [2.05, 4.69) is 10.6 Å². The predicted octanol–water partition coefficient (Wildman–Crippen LogP) is 1.53. The van der Waals surface area contributed by atoms with Crippen molar-refractivity contribution < 1.29 is 9.18 Å². The van der Waals surface area contributed by atoms with Crippen LogP contribution < -0.4 is 16.4 Å². The Kier molecular flexibility index (Phi) is 5.42. The third-order valence-electron chi connectivity index (χ3n) is 2.50. The molecule has 4 N–H and O–H groups in total. The molecule has 0 aromatic heterocycles. The minimum atomic E-state index is -0.526. The minimum Gasteiger partial charge on any atom is -0.352 e. The van der Waals surface area contributed by atoms with Crippen LogP contribution in [-0.2, 0) is 0 Å². The highest BCUT2D eigenvalue weighted by Gasteiger charge is 2.07. The number of hydrogen-bond acceptors (Lipinski definition) is 2. The number of urea groups is 1. The van der Waals surface area contributed by atoms with Gasteiger partial charge >= 0.3 is 6.03 Å². The van der Waals surface area contributed by atoms with Crippen LogP contribution in [0.15, 0.2) is 24.3 Å². The lowest BCUT2D eigenvalue weighted by molar-refractivity contribution is 0.249. The summed E-state index contributed by atoms with van der Waals surface area (Å²) in [5.74, 6) is -0.237. The SMILES string of the molecule is CCC(NCCNC(N)=O)c1ccc(F)cc1. The van der Waals surface area contributed by atoms with Crippen molar-refractivity contribution in [3.05, 3.63) is 35.6 Å². The van der Waals surface area contributed by atoms with Crippen LogP contribution in [0.25, 0.3) is 0 Å². The number of benzene rings is 1. The molecule has 0 aliphatic carbocycles. The molecule has 94 valence electrons. The van der Waals surface area contributed by atoms with Gasteiger partial charge in [0.1, 0.15) is 5.82 Å². The Morgan fingerprint density at radius 1 is 1.35 bits per heavy atom. The van der Waals surface area contributed by atoms with Gasteiger partial charge in [-0.15, -0.1) is 0 Å². The van der Waals surface area contributed by atoms with Gasteiger partial charge in [0.25, 0.3) is 0 Å². The Balaban J connectivity index is 2.43. The van der Waals surface area contributed by atoms with Crippen molar-refractivity contribution in [2.24, 2.45) is 5.73 Å². The molecule has 1 unspecified atom stereocenters. The predicted molar refractivity (Wildman–Crippen MR) is 65.0 cm³/mol. The highest BCUT2D eigenvalue weighted by Crippen LogP contribution is 2.16. The molecule has 0 bridgehead atoms. The third kappa shape index (κ3) is 4.82. The first-order chi connectivity index (χ1) is 8.13. The van der Waals surface area contributed by atoms with E-state index in [0.29, 0.717) is 13.1 Å². The summed E-state index contributed by atoms with van der Waals surface area (Å²) in [4.78, 5) is 10.5. The van der Waals surface area contributed by atoms with Gasteiger partial charge in [0.15, 0.2) is 0 Å². The van der Waals surface area contributed by atoms with Crippen molar-refractivity contribution in [3.63, 3.8) is 0 Å². The Hall–Kier alpha value is -1.62. The Bertz CT molecular complexity index is 353. The molecule has 0 spiro atoms. The van der Waals surface area contributed by atoms with Gasteiger partial charge < -0.3 is 16.4 Å². The average molecular weight is 239 g/mol. The smallest absolute Gasteiger partial charge is 0.312 e. The number of amides is 2. The number of halogens is 1. The number of rotatable bonds is 6. The zero-order valence-electron chi connectivity index (χ0n) is 9.87. The van der Waals surface area contributed by atoms with Crippen molar-refractivity contribution in [2.45, 2.75) is 19.4 Å². The van der Waals surface area contributed by atoms with Crippen LogP contribution in [-0.4, -0.2) is 19.1 Å². The Morgan fingerprint density at radius 2 is 2.00 bits per heavy atom. The third-order valence-corrected chi connectivity index (χ3v) is 2.50. The number of carbonyl (C=O) groups is 1. The number of nitrogens with one attached hydrogen (secondary N) is 2. The molecule has 1 aromatic rings. The largest absolute Gasteiger partial charge is 0.352 e. The fraction of sp³-hybridized carbons (Fsp3) is 0.417. The number of hydrogen-bond donors (Lipinski definition) is 3. The zero-order chi connectivity index (χ0) is 12.7. The van der Waals surface area contributed by atoms with Gasteiger partial charge in [-0.25, -0.2) is 9.18 Å². The molecule has 5 heteroatoms. The molecule has 0 saturated heterocycles. The van der Waals surface area contributed by atoms with Gasteiger partial charge in [0.2, 0.25) is 0 Å². The maximum atomic E-state index is 12.8. The second-order valence-corrected chi connectivity index (χ2v) is 3.76. The summed E-state index contributed by atoms with van der Waals surface area (Å²) in [6.07, 6.45) is 0.891. The van der Waals surface area contributed by atoms with Crippen molar-refractivity contribution in [1.82, 2.24) is 10.6 Å². The lowest BCUT2D eigenvalue weighted by Gasteiger charge is -2.17. The molecule has 0 radical (unpaired) electrons. The molecule has 1 atom stereocenters. The second-order valence-electron chi connectivity index (χ2n) is 3.76. The van der Waals surface area contributed by atoms with Gasteiger partial charge in [-0.2, -0.15) is 0 Å². The first-order valence-corrected chi connectivity index (χ1v) is 5.65. The number of primary amides is 1. The molecule has 1 rings (SSSR count). The quantitative estimate of drug-likeness (QED) is 0.659. The van der Waals surface area contributed by atoms with Gasteiger partial charge in [0.05, 0.1) is 0 Å². The molecule has 1 aromatic carbocycles. The van der Waals surface area contributed by atoms with Crippen molar-refractivity contribution >= 4 is 6.03 Å².